The Balaban J connectivity index is 1.81. The van der Waals surface area contributed by atoms with Crippen molar-refractivity contribution in [2.75, 3.05) is 7.11 Å². The largest absolute Gasteiger partial charge is 0.508 e. The molecule has 0 fully saturated rings. The number of methoxy groups -OCH3 is 1. The molecule has 0 aliphatic heterocycles. The van der Waals surface area contributed by atoms with Crippen LogP contribution in [-0.4, -0.2) is 27.4 Å². The highest BCUT2D eigenvalue weighted by atomic mass is 16.5. The van der Waals surface area contributed by atoms with Gasteiger partial charge in [0, 0.05) is 17.0 Å². The van der Waals surface area contributed by atoms with Crippen LogP contribution in [0.5, 0.6) is 11.5 Å². The maximum atomic E-state index is 12.9. The number of hydrogen-bond donors (Lipinski definition) is 2. The van der Waals surface area contributed by atoms with Crippen molar-refractivity contribution >= 4 is 11.0 Å². The Kier molecular flexibility index (Phi) is 6.02. The van der Waals surface area contributed by atoms with E-state index in [2.05, 4.69) is 22.1 Å². The first-order chi connectivity index (χ1) is 15.1. The molecule has 0 amide bonds. The number of aromatic nitrogens is 3. The minimum absolute atomic E-state index is 0.0558. The van der Waals surface area contributed by atoms with E-state index >= 15 is 0 Å². The number of aromatic amines is 1. The SMILES string of the molecule is CCCCCCc1c(-c2nnc(-c3cccc(OC)c3)[nH]2)c(=O)oc2cc(O)ccc12. The predicted octanol–water partition coefficient (Wildman–Crippen LogP) is 5.08. The van der Waals surface area contributed by atoms with E-state index in [9.17, 15) is 9.90 Å². The van der Waals surface area contributed by atoms with Gasteiger partial charge in [-0.05, 0) is 42.7 Å². The normalized spacial score (nSPS) is 11.2. The maximum absolute atomic E-state index is 12.9. The van der Waals surface area contributed by atoms with Crippen LogP contribution in [0.15, 0.2) is 51.7 Å². The number of H-pyrrole nitrogens is 1. The number of nitrogens with one attached hydrogen (secondary N) is 1. The Hall–Kier alpha value is -3.61. The first-order valence-corrected chi connectivity index (χ1v) is 10.5. The molecule has 0 aliphatic carbocycles. The topological polar surface area (TPSA) is 101 Å². The number of benzene rings is 2. The summed E-state index contributed by atoms with van der Waals surface area (Å²) in [7, 11) is 1.60. The van der Waals surface area contributed by atoms with Crippen LogP contribution in [0, 0.1) is 0 Å². The number of nitrogens with zero attached hydrogens (tertiary/aromatic N) is 2. The second-order valence-corrected chi connectivity index (χ2v) is 7.49. The molecule has 0 aliphatic rings. The summed E-state index contributed by atoms with van der Waals surface area (Å²) in [6.45, 7) is 2.16. The Labute approximate surface area is 179 Å². The third kappa shape index (κ3) is 4.30. The molecule has 0 saturated carbocycles. The van der Waals surface area contributed by atoms with Crippen molar-refractivity contribution < 1.29 is 14.3 Å². The van der Waals surface area contributed by atoms with Crippen molar-refractivity contribution in [3.8, 4) is 34.3 Å². The summed E-state index contributed by atoms with van der Waals surface area (Å²) in [5.41, 5.74) is 1.91. The second kappa shape index (κ2) is 9.04. The van der Waals surface area contributed by atoms with Crippen LogP contribution >= 0.6 is 0 Å². The highest BCUT2D eigenvalue weighted by Gasteiger charge is 2.20. The fourth-order valence-corrected chi connectivity index (χ4v) is 3.76. The van der Waals surface area contributed by atoms with Gasteiger partial charge in [0.15, 0.2) is 11.6 Å². The first kappa shape index (κ1) is 20.7. The van der Waals surface area contributed by atoms with Gasteiger partial charge in [0.1, 0.15) is 22.6 Å². The molecular weight excluding hydrogens is 394 g/mol. The highest BCUT2D eigenvalue weighted by molar-refractivity contribution is 5.86. The standard InChI is InChI=1S/C24H25N3O4/c1-3-4-5-6-10-19-18-12-11-16(28)14-20(18)31-24(29)21(19)23-25-22(26-27-23)15-8-7-9-17(13-15)30-2/h7-9,11-14,28H,3-6,10H2,1-2H3,(H,25,26,27). The smallest absolute Gasteiger partial charge is 0.347 e. The molecule has 2 aromatic heterocycles. The lowest BCUT2D eigenvalue weighted by Crippen LogP contribution is -2.09. The first-order valence-electron chi connectivity index (χ1n) is 10.5. The van der Waals surface area contributed by atoms with Crippen molar-refractivity contribution in [3.63, 3.8) is 0 Å². The molecule has 160 valence electrons. The number of rotatable bonds is 8. The summed E-state index contributed by atoms with van der Waals surface area (Å²) in [5.74, 6) is 1.67. The number of aryl methyl sites for hydroxylation is 1. The lowest BCUT2D eigenvalue weighted by atomic mass is 9.98. The van der Waals surface area contributed by atoms with E-state index < -0.39 is 5.63 Å². The number of unbranched alkanes of at least 4 members (excludes halogenated alkanes) is 3. The molecule has 0 unspecified atom stereocenters. The third-order valence-electron chi connectivity index (χ3n) is 5.35. The number of hydrogen-bond acceptors (Lipinski definition) is 6. The molecule has 0 bridgehead atoms. The summed E-state index contributed by atoms with van der Waals surface area (Å²) in [5, 5.41) is 19.1. The van der Waals surface area contributed by atoms with E-state index in [4.69, 9.17) is 9.15 Å². The zero-order chi connectivity index (χ0) is 21.8. The fraction of sp³-hybridized carbons (Fsp3) is 0.292. The molecule has 0 atom stereocenters. The molecule has 2 aromatic carbocycles. The van der Waals surface area contributed by atoms with Crippen LogP contribution in [0.2, 0.25) is 0 Å². The van der Waals surface area contributed by atoms with Crippen LogP contribution in [0.25, 0.3) is 33.7 Å². The van der Waals surface area contributed by atoms with Crippen LogP contribution in [0.4, 0.5) is 0 Å². The van der Waals surface area contributed by atoms with Gasteiger partial charge < -0.3 is 19.2 Å². The monoisotopic (exact) mass is 419 g/mol. The maximum Gasteiger partial charge on any atom is 0.347 e. The van der Waals surface area contributed by atoms with Gasteiger partial charge in [-0.2, -0.15) is 0 Å². The summed E-state index contributed by atoms with van der Waals surface area (Å²) in [6, 6.07) is 12.3. The Bertz CT molecular complexity index is 1260. The summed E-state index contributed by atoms with van der Waals surface area (Å²) >= 11 is 0. The third-order valence-corrected chi connectivity index (χ3v) is 5.35. The molecule has 7 heteroatoms. The van der Waals surface area contributed by atoms with Gasteiger partial charge in [0.2, 0.25) is 0 Å². The lowest BCUT2D eigenvalue weighted by Gasteiger charge is -2.10. The van der Waals surface area contributed by atoms with Gasteiger partial charge in [-0.15, -0.1) is 10.2 Å². The Morgan fingerprint density at radius 1 is 1.06 bits per heavy atom. The van der Waals surface area contributed by atoms with Gasteiger partial charge >= 0.3 is 5.63 Å². The Morgan fingerprint density at radius 3 is 2.71 bits per heavy atom. The molecule has 0 spiro atoms. The zero-order valence-electron chi connectivity index (χ0n) is 17.6. The molecule has 31 heavy (non-hydrogen) atoms. The van der Waals surface area contributed by atoms with Gasteiger partial charge in [0.25, 0.3) is 0 Å². The number of fused-ring (bicyclic) bond motifs is 1. The number of phenols is 1. The van der Waals surface area contributed by atoms with Crippen molar-refractivity contribution in [1.82, 2.24) is 15.2 Å². The average Bonchev–Trinajstić information content (AvgIpc) is 3.26. The zero-order valence-corrected chi connectivity index (χ0v) is 17.6. The van der Waals surface area contributed by atoms with Gasteiger partial charge in [-0.25, -0.2) is 4.79 Å². The number of ether oxygens (including phenoxy) is 1. The van der Waals surface area contributed by atoms with Crippen molar-refractivity contribution in [3.05, 3.63) is 58.4 Å². The van der Waals surface area contributed by atoms with Crippen molar-refractivity contribution in [2.24, 2.45) is 0 Å². The van der Waals surface area contributed by atoms with Crippen LogP contribution in [0.3, 0.4) is 0 Å². The van der Waals surface area contributed by atoms with Crippen LogP contribution in [-0.2, 0) is 6.42 Å². The van der Waals surface area contributed by atoms with Crippen molar-refractivity contribution in [2.45, 2.75) is 39.0 Å². The van der Waals surface area contributed by atoms with E-state index in [0.29, 0.717) is 35.0 Å². The summed E-state index contributed by atoms with van der Waals surface area (Å²) < 4.78 is 10.8. The molecule has 7 nitrogen and oxygen atoms in total. The van der Waals surface area contributed by atoms with E-state index in [-0.39, 0.29) is 5.75 Å². The molecule has 2 heterocycles. The average molecular weight is 419 g/mol. The van der Waals surface area contributed by atoms with Crippen LogP contribution < -0.4 is 10.4 Å². The predicted molar refractivity (Wildman–Crippen MR) is 119 cm³/mol. The number of phenolic OH excluding ortho intramolecular Hbond substituents is 1. The Morgan fingerprint density at radius 2 is 1.90 bits per heavy atom. The van der Waals surface area contributed by atoms with E-state index in [0.717, 1.165) is 42.2 Å². The minimum atomic E-state index is -0.503. The highest BCUT2D eigenvalue weighted by Crippen LogP contribution is 2.30. The fourth-order valence-electron chi connectivity index (χ4n) is 3.76. The molecule has 4 rings (SSSR count). The summed E-state index contributed by atoms with van der Waals surface area (Å²) in [4.78, 5) is 16.1. The lowest BCUT2D eigenvalue weighted by molar-refractivity contribution is 0.415. The van der Waals surface area contributed by atoms with Crippen molar-refractivity contribution in [1.29, 1.82) is 0 Å². The molecule has 0 radical (unpaired) electrons. The quantitative estimate of drug-likeness (QED) is 0.305. The molecule has 2 N–H and O–H groups in total. The molecule has 0 saturated heterocycles. The van der Waals surface area contributed by atoms with Crippen LogP contribution in [0.1, 0.15) is 38.2 Å². The van der Waals surface area contributed by atoms with Gasteiger partial charge in [-0.1, -0.05) is 38.3 Å². The van der Waals surface area contributed by atoms with E-state index in [1.54, 1.807) is 19.2 Å². The second-order valence-electron chi connectivity index (χ2n) is 7.49. The molecule has 4 aromatic rings. The summed E-state index contributed by atoms with van der Waals surface area (Å²) in [6.07, 6.45) is 4.98. The molecular formula is C24H25N3O4. The van der Waals surface area contributed by atoms with E-state index in [1.165, 1.54) is 6.07 Å². The number of aromatic hydroxyl groups is 1. The van der Waals surface area contributed by atoms with Gasteiger partial charge in [-0.3, -0.25) is 0 Å². The van der Waals surface area contributed by atoms with Gasteiger partial charge in [0.05, 0.1) is 7.11 Å². The van der Waals surface area contributed by atoms with E-state index in [1.807, 2.05) is 24.3 Å². The minimum Gasteiger partial charge on any atom is -0.508 e.